The second-order valence-corrected chi connectivity index (χ2v) is 5.44. The summed E-state index contributed by atoms with van der Waals surface area (Å²) in [5.41, 5.74) is -0.0904. The molecule has 1 unspecified atom stereocenters. The Morgan fingerprint density at radius 3 is 2.43 bits per heavy atom. The van der Waals surface area contributed by atoms with Crippen molar-refractivity contribution >= 4 is 29.2 Å². The fraction of sp³-hybridized carbons (Fsp3) is 0.357. The summed E-state index contributed by atoms with van der Waals surface area (Å²) in [6.07, 6.45) is 0.686. The van der Waals surface area contributed by atoms with Crippen molar-refractivity contribution in [2.75, 3.05) is 0 Å². The molecule has 1 heterocycles. The van der Waals surface area contributed by atoms with Crippen molar-refractivity contribution in [3.8, 4) is 0 Å². The van der Waals surface area contributed by atoms with Crippen LogP contribution in [0.15, 0.2) is 28.7 Å². The molecule has 1 rings (SSSR count). The highest BCUT2D eigenvalue weighted by molar-refractivity contribution is 7.10. The van der Waals surface area contributed by atoms with Crippen LogP contribution in [0.2, 0.25) is 0 Å². The summed E-state index contributed by atoms with van der Waals surface area (Å²) in [6, 6.07) is 2.97. The Bertz CT molecular complexity index is 564. The summed E-state index contributed by atoms with van der Waals surface area (Å²) in [5, 5.41) is 15.5. The lowest BCUT2D eigenvalue weighted by Crippen LogP contribution is -2.41. The first kappa shape index (κ1) is 16.9. The molecule has 21 heavy (non-hydrogen) atoms. The molecule has 0 aromatic carbocycles. The number of carbonyl (C=O) groups excluding carboxylic acids is 2. The smallest absolute Gasteiger partial charge is 0.331 e. The molecule has 0 fully saturated rings. The predicted octanol–water partition coefficient (Wildman–Crippen LogP) is 2.45. The first-order valence-corrected chi connectivity index (χ1v) is 7.30. The molecule has 0 radical (unpaired) electrons. The molecule has 0 aliphatic rings. The van der Waals surface area contributed by atoms with Gasteiger partial charge in [0.05, 0.1) is 6.04 Å². The number of carboxylic acid groups (broad SMARTS) is 1. The van der Waals surface area contributed by atoms with Gasteiger partial charge in [-0.15, -0.1) is 11.3 Å². The Kier molecular flexibility index (Phi) is 6.10. The number of carboxylic acids is 1. The van der Waals surface area contributed by atoms with Crippen molar-refractivity contribution in [3.05, 3.63) is 33.5 Å². The van der Waals surface area contributed by atoms with Crippen LogP contribution in [0.4, 0.5) is 4.79 Å². The van der Waals surface area contributed by atoms with Crippen LogP contribution >= 0.6 is 11.3 Å². The number of carbonyl (C=O) groups is 3. The number of amides is 3. The Balaban J connectivity index is 2.67. The quantitative estimate of drug-likeness (QED) is 0.728. The number of urea groups is 1. The molecular formula is C14H18N2O4S. The van der Waals surface area contributed by atoms with Crippen molar-refractivity contribution < 1.29 is 19.5 Å². The van der Waals surface area contributed by atoms with E-state index in [1.54, 1.807) is 0 Å². The number of nitrogens with one attached hydrogen (secondary N) is 2. The van der Waals surface area contributed by atoms with E-state index >= 15 is 0 Å². The average molecular weight is 310 g/mol. The van der Waals surface area contributed by atoms with Gasteiger partial charge >= 0.3 is 12.0 Å². The SMILES string of the molecule is CCC(NC(=O)NC(=O)C(C)=C(C)C(=O)O)c1cccs1. The molecule has 1 atom stereocenters. The van der Waals surface area contributed by atoms with Crippen molar-refractivity contribution in [2.24, 2.45) is 0 Å². The van der Waals surface area contributed by atoms with Gasteiger partial charge in [-0.25, -0.2) is 9.59 Å². The van der Waals surface area contributed by atoms with E-state index in [2.05, 4.69) is 10.6 Å². The highest BCUT2D eigenvalue weighted by Crippen LogP contribution is 2.21. The Morgan fingerprint density at radius 2 is 1.95 bits per heavy atom. The average Bonchev–Trinajstić information content (AvgIpc) is 2.96. The van der Waals surface area contributed by atoms with Crippen LogP contribution in [0.5, 0.6) is 0 Å². The summed E-state index contributed by atoms with van der Waals surface area (Å²) in [4.78, 5) is 35.3. The van der Waals surface area contributed by atoms with Crippen molar-refractivity contribution in [3.63, 3.8) is 0 Å². The molecule has 3 N–H and O–H groups in total. The summed E-state index contributed by atoms with van der Waals surface area (Å²) in [7, 11) is 0. The van der Waals surface area contributed by atoms with Crippen LogP contribution in [0, 0.1) is 0 Å². The lowest BCUT2D eigenvalue weighted by Gasteiger charge is -2.15. The van der Waals surface area contributed by atoms with Crippen molar-refractivity contribution in [1.82, 2.24) is 10.6 Å². The van der Waals surface area contributed by atoms with Crippen LogP contribution in [-0.4, -0.2) is 23.0 Å². The third-order valence-corrected chi connectivity index (χ3v) is 4.04. The van der Waals surface area contributed by atoms with Crippen LogP contribution < -0.4 is 10.6 Å². The fourth-order valence-corrected chi connectivity index (χ4v) is 2.45. The minimum absolute atomic E-state index is 0.00169. The molecule has 1 aromatic heterocycles. The topological polar surface area (TPSA) is 95.5 Å². The van der Waals surface area contributed by atoms with Gasteiger partial charge in [0.2, 0.25) is 0 Å². The number of rotatable bonds is 5. The minimum Gasteiger partial charge on any atom is -0.478 e. The number of hydrogen-bond donors (Lipinski definition) is 3. The first-order valence-electron chi connectivity index (χ1n) is 6.42. The molecule has 1 aromatic rings. The highest BCUT2D eigenvalue weighted by Gasteiger charge is 2.18. The second-order valence-electron chi connectivity index (χ2n) is 4.46. The van der Waals surface area contributed by atoms with E-state index in [9.17, 15) is 14.4 Å². The van der Waals surface area contributed by atoms with Gasteiger partial charge in [0, 0.05) is 16.0 Å². The Morgan fingerprint density at radius 1 is 1.29 bits per heavy atom. The third kappa shape index (κ3) is 4.71. The lowest BCUT2D eigenvalue weighted by molar-refractivity contribution is -0.133. The van der Waals surface area contributed by atoms with E-state index in [0.29, 0.717) is 6.42 Å². The van der Waals surface area contributed by atoms with Crippen molar-refractivity contribution in [1.29, 1.82) is 0 Å². The van der Waals surface area contributed by atoms with E-state index in [1.165, 1.54) is 25.2 Å². The van der Waals surface area contributed by atoms with Gasteiger partial charge in [-0.05, 0) is 31.7 Å². The van der Waals surface area contributed by atoms with E-state index in [4.69, 9.17) is 5.11 Å². The molecule has 0 aliphatic carbocycles. The van der Waals surface area contributed by atoms with Crippen LogP contribution in [0.1, 0.15) is 38.1 Å². The van der Waals surface area contributed by atoms with Crippen LogP contribution in [0.25, 0.3) is 0 Å². The molecular weight excluding hydrogens is 292 g/mol. The number of hydrogen-bond acceptors (Lipinski definition) is 4. The van der Waals surface area contributed by atoms with Crippen LogP contribution in [-0.2, 0) is 9.59 Å². The molecule has 7 heteroatoms. The summed E-state index contributed by atoms with van der Waals surface area (Å²) < 4.78 is 0. The molecule has 0 saturated heterocycles. The van der Waals surface area contributed by atoms with E-state index in [1.807, 2.05) is 24.4 Å². The zero-order valence-corrected chi connectivity index (χ0v) is 12.9. The largest absolute Gasteiger partial charge is 0.478 e. The van der Waals surface area contributed by atoms with Gasteiger partial charge in [-0.3, -0.25) is 10.1 Å². The van der Waals surface area contributed by atoms with Crippen LogP contribution in [0.3, 0.4) is 0 Å². The maximum atomic E-state index is 11.8. The summed E-state index contributed by atoms with van der Waals surface area (Å²) in [6.45, 7) is 4.60. The fourth-order valence-electron chi connectivity index (χ4n) is 1.59. The predicted molar refractivity (Wildman–Crippen MR) is 80.0 cm³/mol. The van der Waals surface area contributed by atoms with E-state index in [-0.39, 0.29) is 17.2 Å². The maximum Gasteiger partial charge on any atom is 0.331 e. The standard InChI is InChI=1S/C14H18N2O4S/c1-4-10(11-6-5-7-21-11)15-14(20)16-12(17)8(2)9(3)13(18)19/h5-7,10H,4H2,1-3H3,(H,18,19)(H2,15,16,17,20). The second kappa shape index (κ2) is 7.58. The Hall–Kier alpha value is -2.15. The molecule has 0 spiro atoms. The summed E-state index contributed by atoms with van der Waals surface area (Å²) in [5.74, 6) is -1.90. The monoisotopic (exact) mass is 310 g/mol. The molecule has 6 nitrogen and oxygen atoms in total. The molecule has 114 valence electrons. The number of imide groups is 1. The molecule has 0 saturated carbocycles. The number of aliphatic carboxylic acids is 1. The molecule has 3 amide bonds. The molecule has 0 bridgehead atoms. The van der Waals surface area contributed by atoms with E-state index < -0.39 is 17.9 Å². The van der Waals surface area contributed by atoms with Gasteiger partial charge in [-0.1, -0.05) is 13.0 Å². The lowest BCUT2D eigenvalue weighted by atomic mass is 10.1. The minimum atomic E-state index is -1.19. The van der Waals surface area contributed by atoms with E-state index in [0.717, 1.165) is 4.88 Å². The first-order chi connectivity index (χ1) is 9.86. The summed E-state index contributed by atoms with van der Waals surface area (Å²) >= 11 is 1.52. The van der Waals surface area contributed by atoms with Gasteiger partial charge in [0.25, 0.3) is 5.91 Å². The number of thiophene rings is 1. The zero-order valence-electron chi connectivity index (χ0n) is 12.1. The van der Waals surface area contributed by atoms with Gasteiger partial charge in [0.1, 0.15) is 0 Å². The Labute approximate surface area is 126 Å². The van der Waals surface area contributed by atoms with Gasteiger partial charge in [0.15, 0.2) is 0 Å². The van der Waals surface area contributed by atoms with Gasteiger partial charge < -0.3 is 10.4 Å². The zero-order chi connectivity index (χ0) is 16.0. The third-order valence-electron chi connectivity index (χ3n) is 3.05. The van der Waals surface area contributed by atoms with Gasteiger partial charge in [-0.2, -0.15) is 0 Å². The maximum absolute atomic E-state index is 11.8. The highest BCUT2D eigenvalue weighted by atomic mass is 32.1. The van der Waals surface area contributed by atoms with Crippen molar-refractivity contribution in [2.45, 2.75) is 33.2 Å². The normalized spacial score (nSPS) is 13.1. The molecule has 0 aliphatic heterocycles.